The number of piperazine rings is 1. The summed E-state index contributed by atoms with van der Waals surface area (Å²) in [5.41, 5.74) is 0. The summed E-state index contributed by atoms with van der Waals surface area (Å²) < 4.78 is 25.8. The number of halogens is 1. The van der Waals surface area contributed by atoms with Crippen molar-refractivity contribution in [3.05, 3.63) is 0 Å². The molecule has 1 aliphatic rings. The molecule has 0 aliphatic carbocycles. The molecule has 1 aliphatic heterocycles. The predicted octanol–water partition coefficient (Wildman–Crippen LogP) is 1.38. The fourth-order valence-electron chi connectivity index (χ4n) is 2.20. The summed E-state index contributed by atoms with van der Waals surface area (Å²) >= 11 is 5.67. The SMILES string of the molecule is CC(C)CC(=O)N1CCN(S(=O)(=O)CC(C)CCl)CC1. The summed E-state index contributed by atoms with van der Waals surface area (Å²) in [7, 11) is -3.26. The second kappa shape index (κ2) is 7.61. The number of carbonyl (C=O) groups is 1. The zero-order chi connectivity index (χ0) is 15.3. The van der Waals surface area contributed by atoms with Crippen LogP contribution in [0.15, 0.2) is 0 Å². The van der Waals surface area contributed by atoms with E-state index in [1.807, 2.05) is 20.8 Å². The van der Waals surface area contributed by atoms with Crippen molar-refractivity contribution in [2.24, 2.45) is 11.8 Å². The van der Waals surface area contributed by atoms with Crippen LogP contribution >= 0.6 is 11.6 Å². The van der Waals surface area contributed by atoms with Gasteiger partial charge < -0.3 is 4.90 Å². The second-order valence-electron chi connectivity index (χ2n) is 5.92. The Kier molecular flexibility index (Phi) is 6.75. The van der Waals surface area contributed by atoms with Crippen molar-refractivity contribution in [2.75, 3.05) is 37.8 Å². The van der Waals surface area contributed by atoms with Crippen molar-refractivity contribution in [1.82, 2.24) is 9.21 Å². The van der Waals surface area contributed by atoms with Crippen molar-refractivity contribution in [3.8, 4) is 0 Å². The van der Waals surface area contributed by atoms with Gasteiger partial charge in [0.2, 0.25) is 15.9 Å². The molecule has 118 valence electrons. The standard InChI is InChI=1S/C13H25ClN2O3S/c1-11(2)8-13(17)15-4-6-16(7-5-15)20(18,19)10-12(3)9-14/h11-12H,4-10H2,1-3H3. The van der Waals surface area contributed by atoms with Crippen LogP contribution in [-0.4, -0.2) is 61.3 Å². The Bertz CT molecular complexity index is 417. The first kappa shape index (κ1) is 17.7. The molecule has 20 heavy (non-hydrogen) atoms. The van der Waals surface area contributed by atoms with Crippen LogP contribution in [0.4, 0.5) is 0 Å². The average Bonchev–Trinajstić information content (AvgIpc) is 2.37. The zero-order valence-electron chi connectivity index (χ0n) is 12.5. The van der Waals surface area contributed by atoms with Crippen LogP contribution in [0.5, 0.6) is 0 Å². The highest BCUT2D eigenvalue weighted by molar-refractivity contribution is 7.89. The van der Waals surface area contributed by atoms with E-state index >= 15 is 0 Å². The van der Waals surface area contributed by atoms with Gasteiger partial charge in [-0.1, -0.05) is 20.8 Å². The minimum Gasteiger partial charge on any atom is -0.340 e. The Morgan fingerprint density at radius 1 is 1.15 bits per heavy atom. The third kappa shape index (κ3) is 5.22. The van der Waals surface area contributed by atoms with Gasteiger partial charge in [0.1, 0.15) is 0 Å². The van der Waals surface area contributed by atoms with E-state index in [-0.39, 0.29) is 17.6 Å². The van der Waals surface area contributed by atoms with E-state index in [4.69, 9.17) is 11.6 Å². The fourth-order valence-corrected chi connectivity index (χ4v) is 4.21. The van der Waals surface area contributed by atoms with Crippen molar-refractivity contribution >= 4 is 27.5 Å². The van der Waals surface area contributed by atoms with Gasteiger partial charge in [-0.25, -0.2) is 8.42 Å². The number of sulfonamides is 1. The minimum absolute atomic E-state index is 0.0535. The molecule has 0 radical (unpaired) electrons. The summed E-state index contributed by atoms with van der Waals surface area (Å²) in [5.74, 6) is 0.810. The number of nitrogens with zero attached hydrogens (tertiary/aromatic N) is 2. The average molecular weight is 325 g/mol. The Morgan fingerprint density at radius 2 is 1.70 bits per heavy atom. The number of alkyl halides is 1. The van der Waals surface area contributed by atoms with Crippen LogP contribution in [0.3, 0.4) is 0 Å². The van der Waals surface area contributed by atoms with E-state index in [0.29, 0.717) is 44.4 Å². The fraction of sp³-hybridized carbons (Fsp3) is 0.923. The maximum absolute atomic E-state index is 12.2. The molecule has 1 saturated heterocycles. The van der Waals surface area contributed by atoms with Crippen LogP contribution in [-0.2, 0) is 14.8 Å². The largest absolute Gasteiger partial charge is 0.340 e. The van der Waals surface area contributed by atoms with Gasteiger partial charge in [0.15, 0.2) is 0 Å². The zero-order valence-corrected chi connectivity index (χ0v) is 14.1. The first-order chi connectivity index (χ1) is 9.26. The highest BCUT2D eigenvalue weighted by atomic mass is 35.5. The molecule has 1 amide bonds. The summed E-state index contributed by atoms with van der Waals surface area (Å²) in [4.78, 5) is 13.7. The van der Waals surface area contributed by atoms with Crippen molar-refractivity contribution < 1.29 is 13.2 Å². The molecule has 1 unspecified atom stereocenters. The van der Waals surface area contributed by atoms with Gasteiger partial charge in [-0.3, -0.25) is 4.79 Å². The lowest BCUT2D eigenvalue weighted by atomic mass is 10.1. The molecule has 1 rings (SSSR count). The summed E-state index contributed by atoms with van der Waals surface area (Å²) in [6.07, 6.45) is 0.524. The molecule has 1 atom stereocenters. The first-order valence-electron chi connectivity index (χ1n) is 7.07. The van der Waals surface area contributed by atoms with Gasteiger partial charge in [-0.15, -0.1) is 11.6 Å². The minimum atomic E-state index is -3.26. The van der Waals surface area contributed by atoms with Crippen molar-refractivity contribution in [3.63, 3.8) is 0 Å². The second-order valence-corrected chi connectivity index (χ2v) is 8.24. The van der Waals surface area contributed by atoms with Gasteiger partial charge in [0.05, 0.1) is 5.75 Å². The lowest BCUT2D eigenvalue weighted by molar-refractivity contribution is -0.133. The molecule has 0 bridgehead atoms. The molecule has 0 saturated carbocycles. The van der Waals surface area contributed by atoms with Crippen molar-refractivity contribution in [1.29, 1.82) is 0 Å². The lowest BCUT2D eigenvalue weighted by Crippen LogP contribution is -2.51. The smallest absolute Gasteiger partial charge is 0.222 e. The molecule has 7 heteroatoms. The normalized spacial score (nSPS) is 19.4. The Balaban J connectivity index is 2.51. The number of carbonyl (C=O) groups excluding carboxylic acids is 1. The van der Waals surface area contributed by atoms with E-state index < -0.39 is 10.0 Å². The summed E-state index contributed by atoms with van der Waals surface area (Å²) in [5, 5.41) is 0. The van der Waals surface area contributed by atoms with Crippen LogP contribution in [0.2, 0.25) is 0 Å². The van der Waals surface area contributed by atoms with Crippen LogP contribution in [0.1, 0.15) is 27.2 Å². The number of amides is 1. The molecule has 1 fully saturated rings. The van der Waals surface area contributed by atoms with E-state index in [0.717, 1.165) is 0 Å². The maximum atomic E-state index is 12.2. The van der Waals surface area contributed by atoms with Crippen LogP contribution in [0, 0.1) is 11.8 Å². The summed E-state index contributed by atoms with van der Waals surface area (Å²) in [6.45, 7) is 7.59. The van der Waals surface area contributed by atoms with E-state index in [2.05, 4.69) is 0 Å². The van der Waals surface area contributed by atoms with Crippen LogP contribution < -0.4 is 0 Å². The highest BCUT2D eigenvalue weighted by Crippen LogP contribution is 2.14. The number of hydrogen-bond acceptors (Lipinski definition) is 3. The molecule has 0 N–H and O–H groups in total. The molecular formula is C13H25ClN2O3S. The van der Waals surface area contributed by atoms with Crippen molar-refractivity contribution in [2.45, 2.75) is 27.2 Å². The monoisotopic (exact) mass is 324 g/mol. The third-order valence-corrected chi connectivity index (χ3v) is 6.00. The van der Waals surface area contributed by atoms with E-state index in [1.165, 1.54) is 4.31 Å². The quantitative estimate of drug-likeness (QED) is 0.694. The molecular weight excluding hydrogens is 300 g/mol. The molecule has 1 heterocycles. The molecule has 0 aromatic rings. The van der Waals surface area contributed by atoms with Crippen LogP contribution in [0.25, 0.3) is 0 Å². The molecule has 0 aromatic heterocycles. The maximum Gasteiger partial charge on any atom is 0.222 e. The van der Waals surface area contributed by atoms with Gasteiger partial charge in [0.25, 0.3) is 0 Å². The number of rotatable bonds is 6. The Morgan fingerprint density at radius 3 is 2.15 bits per heavy atom. The Hall–Kier alpha value is -0.330. The highest BCUT2D eigenvalue weighted by Gasteiger charge is 2.29. The third-order valence-electron chi connectivity index (χ3n) is 3.33. The van der Waals surface area contributed by atoms with E-state index in [9.17, 15) is 13.2 Å². The topological polar surface area (TPSA) is 57.7 Å². The molecule has 5 nitrogen and oxygen atoms in total. The summed E-state index contributed by atoms with van der Waals surface area (Å²) in [6, 6.07) is 0. The number of hydrogen-bond donors (Lipinski definition) is 0. The Labute approximate surface area is 127 Å². The van der Waals surface area contributed by atoms with Gasteiger partial charge in [0, 0.05) is 38.5 Å². The molecule has 0 aromatic carbocycles. The van der Waals surface area contributed by atoms with E-state index in [1.54, 1.807) is 4.90 Å². The predicted molar refractivity (Wildman–Crippen MR) is 81.3 cm³/mol. The first-order valence-corrected chi connectivity index (χ1v) is 9.22. The lowest BCUT2D eigenvalue weighted by Gasteiger charge is -2.34. The van der Waals surface area contributed by atoms with Gasteiger partial charge in [-0.2, -0.15) is 4.31 Å². The van der Waals surface area contributed by atoms with Gasteiger partial charge >= 0.3 is 0 Å². The molecule has 0 spiro atoms. The van der Waals surface area contributed by atoms with Gasteiger partial charge in [-0.05, 0) is 11.8 Å².